The van der Waals surface area contributed by atoms with Crippen LogP contribution >= 0.6 is 11.3 Å². The maximum absolute atomic E-state index is 12.3. The van der Waals surface area contributed by atoms with E-state index in [1.54, 1.807) is 11.3 Å². The van der Waals surface area contributed by atoms with E-state index < -0.39 is 0 Å². The predicted octanol–water partition coefficient (Wildman–Crippen LogP) is 4.11. The third-order valence-electron chi connectivity index (χ3n) is 3.37. The molecule has 3 nitrogen and oxygen atoms in total. The van der Waals surface area contributed by atoms with Crippen LogP contribution in [0.1, 0.15) is 34.8 Å². The first-order valence-corrected chi connectivity index (χ1v) is 7.58. The first kappa shape index (κ1) is 12.9. The molecule has 0 spiro atoms. The number of rotatable bonds is 4. The van der Waals surface area contributed by atoms with E-state index in [0.717, 1.165) is 17.3 Å². The van der Waals surface area contributed by atoms with Gasteiger partial charge in [-0.15, -0.1) is 11.3 Å². The smallest absolute Gasteiger partial charge is 0.268 e. The van der Waals surface area contributed by atoms with E-state index in [1.807, 2.05) is 41.8 Å². The summed E-state index contributed by atoms with van der Waals surface area (Å²) in [4.78, 5) is 16.7. The van der Waals surface area contributed by atoms with Crippen molar-refractivity contribution in [1.82, 2.24) is 10.3 Å². The van der Waals surface area contributed by atoms with Gasteiger partial charge >= 0.3 is 0 Å². The number of carbonyl (C=O) groups excluding carboxylic acids is 1. The highest BCUT2D eigenvalue weighted by molar-refractivity contribution is 7.10. The number of benzene rings is 1. The van der Waals surface area contributed by atoms with Crippen molar-refractivity contribution in [3.8, 4) is 0 Å². The Hall–Kier alpha value is -2.07. The number of H-pyrrole nitrogens is 1. The number of fused-ring (bicyclic) bond motifs is 1. The van der Waals surface area contributed by atoms with Gasteiger partial charge in [-0.1, -0.05) is 31.2 Å². The van der Waals surface area contributed by atoms with Gasteiger partial charge in [0, 0.05) is 15.8 Å². The number of hydrogen-bond donors (Lipinski definition) is 2. The van der Waals surface area contributed by atoms with Crippen molar-refractivity contribution in [3.63, 3.8) is 0 Å². The number of nitrogens with one attached hydrogen (secondary N) is 2. The van der Waals surface area contributed by atoms with E-state index >= 15 is 0 Å². The molecule has 1 atom stereocenters. The molecule has 3 aromatic rings. The van der Waals surface area contributed by atoms with Crippen LogP contribution in [-0.2, 0) is 0 Å². The predicted molar refractivity (Wildman–Crippen MR) is 83.1 cm³/mol. The number of aromatic nitrogens is 1. The lowest BCUT2D eigenvalue weighted by Gasteiger charge is -2.14. The van der Waals surface area contributed by atoms with Gasteiger partial charge in [0.15, 0.2) is 0 Å². The van der Waals surface area contributed by atoms with Gasteiger partial charge in [-0.3, -0.25) is 4.79 Å². The molecule has 20 heavy (non-hydrogen) atoms. The van der Waals surface area contributed by atoms with Crippen LogP contribution < -0.4 is 5.32 Å². The highest BCUT2D eigenvalue weighted by atomic mass is 32.1. The molecule has 1 amide bonds. The average molecular weight is 284 g/mol. The zero-order chi connectivity index (χ0) is 13.9. The van der Waals surface area contributed by atoms with Gasteiger partial charge in [0.2, 0.25) is 0 Å². The Morgan fingerprint density at radius 3 is 2.85 bits per heavy atom. The van der Waals surface area contributed by atoms with E-state index in [1.165, 1.54) is 4.88 Å². The van der Waals surface area contributed by atoms with E-state index in [2.05, 4.69) is 23.3 Å². The minimum atomic E-state index is -0.0542. The van der Waals surface area contributed by atoms with Crippen LogP contribution in [0.15, 0.2) is 47.8 Å². The molecule has 0 aliphatic rings. The molecular formula is C16H16N2OS. The van der Waals surface area contributed by atoms with Crippen LogP contribution in [0, 0.1) is 0 Å². The summed E-state index contributed by atoms with van der Waals surface area (Å²) in [6, 6.07) is 13.9. The molecule has 1 aromatic carbocycles. The second-order valence-electron chi connectivity index (χ2n) is 4.72. The quantitative estimate of drug-likeness (QED) is 0.744. The number of carbonyl (C=O) groups is 1. The molecule has 3 rings (SSSR count). The zero-order valence-corrected chi connectivity index (χ0v) is 12.0. The molecule has 4 heteroatoms. The topological polar surface area (TPSA) is 44.9 Å². The lowest BCUT2D eigenvalue weighted by molar-refractivity contribution is 0.0932. The molecule has 102 valence electrons. The van der Waals surface area contributed by atoms with Gasteiger partial charge in [-0.25, -0.2) is 0 Å². The van der Waals surface area contributed by atoms with Gasteiger partial charge in [0.05, 0.1) is 6.04 Å². The van der Waals surface area contributed by atoms with Crippen LogP contribution in [0.5, 0.6) is 0 Å². The van der Waals surface area contributed by atoms with E-state index in [4.69, 9.17) is 0 Å². The maximum atomic E-state index is 12.3. The zero-order valence-electron chi connectivity index (χ0n) is 11.2. The Kier molecular flexibility index (Phi) is 3.56. The molecule has 1 unspecified atom stereocenters. The molecule has 0 aliphatic heterocycles. The minimum Gasteiger partial charge on any atom is -0.351 e. The van der Waals surface area contributed by atoms with Gasteiger partial charge < -0.3 is 10.3 Å². The van der Waals surface area contributed by atoms with Crippen molar-refractivity contribution in [2.75, 3.05) is 0 Å². The summed E-state index contributed by atoms with van der Waals surface area (Å²) < 4.78 is 0. The summed E-state index contributed by atoms with van der Waals surface area (Å²) in [7, 11) is 0. The standard InChI is InChI=1S/C16H16N2OS/c1-2-12(15-8-5-9-20-15)18-16(19)14-10-11-6-3-4-7-13(11)17-14/h3-10,12,17H,2H2,1H3,(H,18,19). The van der Waals surface area contributed by atoms with Gasteiger partial charge in [-0.05, 0) is 30.0 Å². The maximum Gasteiger partial charge on any atom is 0.268 e. The molecule has 0 saturated heterocycles. The Morgan fingerprint density at radius 1 is 1.30 bits per heavy atom. The highest BCUT2D eigenvalue weighted by Gasteiger charge is 2.16. The van der Waals surface area contributed by atoms with E-state index in [-0.39, 0.29) is 11.9 Å². The van der Waals surface area contributed by atoms with Crippen LogP contribution in [-0.4, -0.2) is 10.9 Å². The first-order valence-electron chi connectivity index (χ1n) is 6.70. The molecule has 0 fully saturated rings. The molecule has 0 radical (unpaired) electrons. The van der Waals surface area contributed by atoms with E-state index in [0.29, 0.717) is 5.69 Å². The number of hydrogen-bond acceptors (Lipinski definition) is 2. The third-order valence-corrected chi connectivity index (χ3v) is 4.36. The second kappa shape index (κ2) is 5.51. The monoisotopic (exact) mass is 284 g/mol. The van der Waals surface area contributed by atoms with Crippen LogP contribution in [0.25, 0.3) is 10.9 Å². The van der Waals surface area contributed by atoms with Crippen molar-refractivity contribution >= 4 is 28.1 Å². The van der Waals surface area contributed by atoms with Gasteiger partial charge in [0.1, 0.15) is 5.69 Å². The van der Waals surface area contributed by atoms with Crippen molar-refractivity contribution in [2.24, 2.45) is 0 Å². The molecule has 0 bridgehead atoms. The molecule has 0 aliphatic carbocycles. The Balaban J connectivity index is 1.81. The highest BCUT2D eigenvalue weighted by Crippen LogP contribution is 2.22. The fraction of sp³-hybridized carbons (Fsp3) is 0.188. The fourth-order valence-electron chi connectivity index (χ4n) is 2.30. The van der Waals surface area contributed by atoms with Crippen molar-refractivity contribution < 1.29 is 4.79 Å². The minimum absolute atomic E-state index is 0.0542. The molecule has 2 aromatic heterocycles. The SMILES string of the molecule is CCC(NC(=O)c1cc2ccccc2[nH]1)c1cccs1. The van der Waals surface area contributed by atoms with Crippen molar-refractivity contribution in [1.29, 1.82) is 0 Å². The molecular weight excluding hydrogens is 268 g/mol. The summed E-state index contributed by atoms with van der Waals surface area (Å²) in [6.45, 7) is 2.08. The second-order valence-corrected chi connectivity index (χ2v) is 5.70. The van der Waals surface area contributed by atoms with Crippen molar-refractivity contribution in [3.05, 3.63) is 58.4 Å². The molecule has 2 heterocycles. The van der Waals surface area contributed by atoms with Gasteiger partial charge in [0.25, 0.3) is 5.91 Å². The number of thiophene rings is 1. The Bertz CT molecular complexity index is 682. The summed E-state index contributed by atoms with van der Waals surface area (Å²) in [5, 5.41) is 6.18. The number of aromatic amines is 1. The van der Waals surface area contributed by atoms with Gasteiger partial charge in [-0.2, -0.15) is 0 Å². The first-order chi connectivity index (χ1) is 9.78. The largest absolute Gasteiger partial charge is 0.351 e. The lowest BCUT2D eigenvalue weighted by atomic mass is 10.2. The summed E-state index contributed by atoms with van der Waals surface area (Å²) >= 11 is 1.67. The summed E-state index contributed by atoms with van der Waals surface area (Å²) in [5.41, 5.74) is 1.60. The molecule has 0 saturated carbocycles. The summed E-state index contributed by atoms with van der Waals surface area (Å²) in [6.07, 6.45) is 0.881. The number of para-hydroxylation sites is 1. The van der Waals surface area contributed by atoms with Crippen LogP contribution in [0.4, 0.5) is 0 Å². The fourth-order valence-corrected chi connectivity index (χ4v) is 3.16. The molecule has 2 N–H and O–H groups in total. The van der Waals surface area contributed by atoms with Crippen molar-refractivity contribution in [2.45, 2.75) is 19.4 Å². The normalized spacial score (nSPS) is 12.4. The van der Waals surface area contributed by atoms with E-state index in [9.17, 15) is 4.79 Å². The Labute approximate surface area is 121 Å². The van der Waals surface area contributed by atoms with Crippen LogP contribution in [0.2, 0.25) is 0 Å². The third kappa shape index (κ3) is 2.47. The number of amides is 1. The van der Waals surface area contributed by atoms with Crippen LogP contribution in [0.3, 0.4) is 0 Å². The lowest BCUT2D eigenvalue weighted by Crippen LogP contribution is -2.27. The average Bonchev–Trinajstić information content (AvgIpc) is 3.13. The Morgan fingerprint density at radius 2 is 2.15 bits per heavy atom. The summed E-state index contributed by atoms with van der Waals surface area (Å²) in [5.74, 6) is -0.0542.